The molecule has 3 aromatic rings. The van der Waals surface area contributed by atoms with Gasteiger partial charge in [-0.3, -0.25) is 9.69 Å². The van der Waals surface area contributed by atoms with Crippen molar-refractivity contribution < 1.29 is 19.0 Å². The molecule has 2 aliphatic rings. The molecule has 5 rings (SSSR count). The summed E-state index contributed by atoms with van der Waals surface area (Å²) in [6, 6.07) is 23.8. The number of methoxy groups -OCH3 is 2. The van der Waals surface area contributed by atoms with E-state index in [1.54, 1.807) is 32.4 Å². The topological polar surface area (TPSA) is 78.3 Å². The van der Waals surface area contributed by atoms with Crippen LogP contribution in [0.1, 0.15) is 46.0 Å². The maximum absolute atomic E-state index is 13.3. The lowest BCUT2D eigenvalue weighted by molar-refractivity contribution is 0.00341. The van der Waals surface area contributed by atoms with Crippen LogP contribution in [0.2, 0.25) is 0 Å². The first kappa shape index (κ1) is 28.5. The average molecular weight is 555 g/mol. The van der Waals surface area contributed by atoms with E-state index < -0.39 is 0 Å². The fourth-order valence-corrected chi connectivity index (χ4v) is 5.54. The summed E-state index contributed by atoms with van der Waals surface area (Å²) in [5.41, 5.74) is 4.63. The molecule has 0 bridgehead atoms. The van der Waals surface area contributed by atoms with E-state index in [1.165, 1.54) is 18.5 Å². The zero-order valence-electron chi connectivity index (χ0n) is 23.9. The third-order valence-corrected chi connectivity index (χ3v) is 7.97. The molecule has 1 atom stereocenters. The number of amides is 1. The van der Waals surface area contributed by atoms with Crippen LogP contribution in [0.3, 0.4) is 0 Å². The molecule has 2 aliphatic heterocycles. The minimum absolute atomic E-state index is 0.0314. The van der Waals surface area contributed by atoms with Crippen LogP contribution in [-0.2, 0) is 11.3 Å². The van der Waals surface area contributed by atoms with Gasteiger partial charge in [-0.2, -0.15) is 5.26 Å². The van der Waals surface area contributed by atoms with E-state index in [1.807, 2.05) is 29.2 Å². The van der Waals surface area contributed by atoms with Gasteiger partial charge in [0.2, 0.25) is 0 Å². The standard InChI is InChI=1S/C33H38N4O4/c1-39-29-12-13-30(31(21-29)40-2)33(38)37-18-16-35(17-19-37)23-32(41-24-26-10-8-25(22-34)9-11-26)27-6-5-7-28(20-27)36-14-3-4-15-36/h5-13,20-21,32H,3-4,14-19,23-24H2,1-2H3/t32-/m1/s1. The minimum Gasteiger partial charge on any atom is -0.497 e. The Morgan fingerprint density at radius 1 is 0.902 bits per heavy atom. The summed E-state index contributed by atoms with van der Waals surface area (Å²) in [4.78, 5) is 20.0. The highest BCUT2D eigenvalue weighted by atomic mass is 16.5. The molecule has 214 valence electrons. The fraction of sp³-hybridized carbons (Fsp3) is 0.394. The quantitative estimate of drug-likeness (QED) is 0.353. The SMILES string of the molecule is COc1ccc(C(=O)N2CCN(C[C@@H](OCc3ccc(C#N)cc3)c3cccc(N4CCCC4)c3)CC2)c(OC)c1. The Bertz CT molecular complexity index is 1360. The molecule has 0 saturated carbocycles. The summed E-state index contributed by atoms with van der Waals surface area (Å²) >= 11 is 0. The Labute approximate surface area is 242 Å². The van der Waals surface area contributed by atoms with Crippen LogP contribution in [0, 0.1) is 11.3 Å². The average Bonchev–Trinajstić information content (AvgIpc) is 3.58. The van der Waals surface area contributed by atoms with Gasteiger partial charge in [0.1, 0.15) is 11.5 Å². The molecule has 0 aliphatic carbocycles. The van der Waals surface area contributed by atoms with Gasteiger partial charge >= 0.3 is 0 Å². The summed E-state index contributed by atoms with van der Waals surface area (Å²) in [5.74, 6) is 1.14. The van der Waals surface area contributed by atoms with Gasteiger partial charge < -0.3 is 24.0 Å². The van der Waals surface area contributed by atoms with E-state index in [-0.39, 0.29) is 12.0 Å². The highest BCUT2D eigenvalue weighted by Gasteiger charge is 2.27. The number of nitriles is 1. The van der Waals surface area contributed by atoms with E-state index in [9.17, 15) is 4.79 Å². The highest BCUT2D eigenvalue weighted by molar-refractivity contribution is 5.97. The number of carbonyl (C=O) groups is 1. The van der Waals surface area contributed by atoms with Crippen LogP contribution < -0.4 is 14.4 Å². The van der Waals surface area contributed by atoms with Gasteiger partial charge in [0.05, 0.1) is 44.1 Å². The van der Waals surface area contributed by atoms with Crippen molar-refractivity contribution in [3.63, 3.8) is 0 Å². The Kier molecular flexibility index (Phi) is 9.40. The van der Waals surface area contributed by atoms with Crippen LogP contribution in [0.25, 0.3) is 0 Å². The highest BCUT2D eigenvalue weighted by Crippen LogP contribution is 2.29. The van der Waals surface area contributed by atoms with Gasteiger partial charge in [0, 0.05) is 57.6 Å². The molecule has 8 heteroatoms. The van der Waals surface area contributed by atoms with Crippen molar-refractivity contribution in [2.75, 3.05) is 64.9 Å². The monoisotopic (exact) mass is 554 g/mol. The lowest BCUT2D eigenvalue weighted by Gasteiger charge is -2.36. The summed E-state index contributed by atoms with van der Waals surface area (Å²) < 4.78 is 17.3. The summed E-state index contributed by atoms with van der Waals surface area (Å²) in [5, 5.41) is 9.13. The molecule has 8 nitrogen and oxygen atoms in total. The Morgan fingerprint density at radius 3 is 2.34 bits per heavy atom. The number of nitrogens with zero attached hydrogens (tertiary/aromatic N) is 4. The third-order valence-electron chi connectivity index (χ3n) is 7.97. The third kappa shape index (κ3) is 6.99. The smallest absolute Gasteiger partial charge is 0.257 e. The first-order valence-corrected chi connectivity index (χ1v) is 14.3. The number of carbonyl (C=O) groups excluding carboxylic acids is 1. The molecule has 2 heterocycles. The zero-order valence-corrected chi connectivity index (χ0v) is 23.9. The lowest BCUT2D eigenvalue weighted by atomic mass is 10.1. The molecule has 2 saturated heterocycles. The van der Waals surface area contributed by atoms with Crippen molar-refractivity contribution in [3.05, 3.63) is 89.0 Å². The van der Waals surface area contributed by atoms with E-state index in [2.05, 4.69) is 40.1 Å². The van der Waals surface area contributed by atoms with E-state index in [0.29, 0.717) is 42.3 Å². The van der Waals surface area contributed by atoms with Crippen LogP contribution >= 0.6 is 0 Å². The molecule has 0 aromatic heterocycles. The Hall–Kier alpha value is -4.06. The molecule has 0 spiro atoms. The number of anilines is 1. The van der Waals surface area contributed by atoms with Crippen molar-refractivity contribution >= 4 is 11.6 Å². The number of piperazine rings is 1. The maximum atomic E-state index is 13.3. The van der Waals surface area contributed by atoms with Crippen LogP contribution in [0.5, 0.6) is 11.5 Å². The van der Waals surface area contributed by atoms with Crippen LogP contribution in [0.15, 0.2) is 66.7 Å². The second kappa shape index (κ2) is 13.5. The van der Waals surface area contributed by atoms with Crippen LogP contribution in [-0.4, -0.2) is 75.7 Å². The van der Waals surface area contributed by atoms with Gasteiger partial charge in [-0.25, -0.2) is 0 Å². The molecular weight excluding hydrogens is 516 g/mol. The predicted molar refractivity (Wildman–Crippen MR) is 158 cm³/mol. The van der Waals surface area contributed by atoms with Crippen LogP contribution in [0.4, 0.5) is 5.69 Å². The number of ether oxygens (including phenoxy) is 3. The number of benzene rings is 3. The second-order valence-electron chi connectivity index (χ2n) is 10.6. The van der Waals surface area contributed by atoms with E-state index >= 15 is 0 Å². The summed E-state index contributed by atoms with van der Waals surface area (Å²) in [6.45, 7) is 6.14. The molecule has 0 radical (unpaired) electrons. The molecule has 41 heavy (non-hydrogen) atoms. The largest absolute Gasteiger partial charge is 0.497 e. The van der Waals surface area contributed by atoms with Gasteiger partial charge in [0.15, 0.2) is 0 Å². The minimum atomic E-state index is -0.128. The van der Waals surface area contributed by atoms with Gasteiger partial charge in [-0.15, -0.1) is 0 Å². The number of rotatable bonds is 10. The lowest BCUT2D eigenvalue weighted by Crippen LogP contribution is -2.49. The van der Waals surface area contributed by atoms with Crippen molar-refractivity contribution in [2.45, 2.75) is 25.6 Å². The molecular formula is C33H38N4O4. The molecule has 0 N–H and O–H groups in total. The van der Waals surface area contributed by atoms with Gasteiger partial charge in [0.25, 0.3) is 5.91 Å². The molecule has 2 fully saturated rings. The normalized spacial score (nSPS) is 16.3. The van der Waals surface area contributed by atoms with E-state index in [4.69, 9.17) is 19.5 Å². The predicted octanol–water partition coefficient (Wildman–Crippen LogP) is 4.89. The van der Waals surface area contributed by atoms with Crippen molar-refractivity contribution in [2.24, 2.45) is 0 Å². The summed E-state index contributed by atoms with van der Waals surface area (Å²) in [6.07, 6.45) is 2.33. The van der Waals surface area contributed by atoms with Gasteiger partial charge in [-0.05, 0) is 60.4 Å². The fourth-order valence-electron chi connectivity index (χ4n) is 5.54. The number of hydrogen-bond donors (Lipinski definition) is 0. The zero-order chi connectivity index (χ0) is 28.6. The van der Waals surface area contributed by atoms with Crippen molar-refractivity contribution in [3.8, 4) is 17.6 Å². The van der Waals surface area contributed by atoms with Crippen molar-refractivity contribution in [1.82, 2.24) is 9.80 Å². The summed E-state index contributed by atoms with van der Waals surface area (Å²) in [7, 11) is 3.17. The number of hydrogen-bond acceptors (Lipinski definition) is 7. The molecule has 3 aromatic carbocycles. The molecule has 0 unspecified atom stereocenters. The maximum Gasteiger partial charge on any atom is 0.257 e. The second-order valence-corrected chi connectivity index (χ2v) is 10.6. The Balaban J connectivity index is 1.26. The van der Waals surface area contributed by atoms with E-state index in [0.717, 1.165) is 43.9 Å². The van der Waals surface area contributed by atoms with Gasteiger partial charge in [-0.1, -0.05) is 24.3 Å². The van der Waals surface area contributed by atoms with Crippen molar-refractivity contribution in [1.29, 1.82) is 5.26 Å². The Morgan fingerprint density at radius 2 is 1.66 bits per heavy atom. The first-order chi connectivity index (χ1) is 20.1. The first-order valence-electron chi connectivity index (χ1n) is 14.3. The molecule has 1 amide bonds.